The van der Waals surface area contributed by atoms with E-state index in [2.05, 4.69) is 19.9 Å². The van der Waals surface area contributed by atoms with E-state index in [1.807, 2.05) is 24.4 Å². The van der Waals surface area contributed by atoms with Gasteiger partial charge in [-0.15, -0.1) is 0 Å². The van der Waals surface area contributed by atoms with Gasteiger partial charge in [0.1, 0.15) is 5.75 Å². The van der Waals surface area contributed by atoms with Crippen LogP contribution in [0.15, 0.2) is 43.0 Å². The first-order valence-electron chi connectivity index (χ1n) is 12.3. The van der Waals surface area contributed by atoms with Crippen molar-refractivity contribution >= 4 is 22.5 Å². The zero-order valence-electron chi connectivity index (χ0n) is 20.0. The van der Waals surface area contributed by atoms with E-state index in [-0.39, 0.29) is 12.0 Å². The third kappa shape index (κ3) is 6.23. The number of methoxy groups -OCH3 is 1. The van der Waals surface area contributed by atoms with Gasteiger partial charge in [0.05, 0.1) is 23.3 Å². The van der Waals surface area contributed by atoms with Gasteiger partial charge in [-0.05, 0) is 100 Å². The van der Waals surface area contributed by atoms with Crippen molar-refractivity contribution in [2.75, 3.05) is 33.4 Å². The van der Waals surface area contributed by atoms with Crippen LogP contribution in [0.4, 0.5) is 0 Å². The standard InChI is InChI=1S/C27H35ClN4O2/c1-34-22-7-8-26-24(17-22)23(25(28)19-31-26)6-4-9-27(20-33)10-15-32(16-11-27)14-3-2-5-21-18-29-12-13-30-21/h7-8,12-13,17-19,33H,2-6,9-11,14-16,20H2,1H3. The van der Waals surface area contributed by atoms with Gasteiger partial charge in [-0.3, -0.25) is 15.0 Å². The molecule has 0 spiro atoms. The fourth-order valence-electron chi connectivity index (χ4n) is 5.06. The lowest BCUT2D eigenvalue weighted by molar-refractivity contribution is 0.0352. The molecule has 1 fully saturated rings. The quantitative estimate of drug-likeness (QED) is 0.383. The van der Waals surface area contributed by atoms with E-state index in [1.54, 1.807) is 25.7 Å². The number of aliphatic hydroxyl groups excluding tert-OH is 1. The lowest BCUT2D eigenvalue weighted by atomic mass is 9.75. The fourth-order valence-corrected chi connectivity index (χ4v) is 5.31. The highest BCUT2D eigenvalue weighted by Gasteiger charge is 2.33. The molecule has 1 aromatic carbocycles. The van der Waals surface area contributed by atoms with Crippen molar-refractivity contribution in [3.63, 3.8) is 0 Å². The summed E-state index contributed by atoms with van der Waals surface area (Å²) in [6.07, 6.45) is 15.3. The molecule has 3 heterocycles. The average molecular weight is 483 g/mol. The first kappa shape index (κ1) is 24.8. The molecule has 1 aliphatic rings. The number of ether oxygens (including phenoxy) is 1. The molecule has 0 bridgehead atoms. The fraction of sp³-hybridized carbons (Fsp3) is 0.519. The van der Waals surface area contributed by atoms with Gasteiger partial charge < -0.3 is 14.7 Å². The molecule has 182 valence electrons. The van der Waals surface area contributed by atoms with Crippen molar-refractivity contribution < 1.29 is 9.84 Å². The lowest BCUT2D eigenvalue weighted by Gasteiger charge is -2.41. The molecule has 0 unspecified atom stereocenters. The van der Waals surface area contributed by atoms with Crippen LogP contribution >= 0.6 is 11.6 Å². The van der Waals surface area contributed by atoms with Crippen molar-refractivity contribution in [2.45, 2.75) is 51.4 Å². The molecule has 1 N–H and O–H groups in total. The largest absolute Gasteiger partial charge is 0.497 e. The summed E-state index contributed by atoms with van der Waals surface area (Å²) in [5.74, 6) is 0.814. The van der Waals surface area contributed by atoms with Gasteiger partial charge in [0.15, 0.2) is 0 Å². The number of fused-ring (bicyclic) bond motifs is 1. The zero-order valence-corrected chi connectivity index (χ0v) is 20.8. The number of piperidine rings is 1. The number of aliphatic hydroxyl groups is 1. The molecule has 7 heteroatoms. The van der Waals surface area contributed by atoms with Crippen LogP contribution in [0.5, 0.6) is 5.75 Å². The number of likely N-dealkylation sites (tertiary alicyclic amines) is 1. The molecule has 4 rings (SSSR count). The predicted molar refractivity (Wildman–Crippen MR) is 136 cm³/mol. The normalized spacial score (nSPS) is 16.1. The molecule has 1 saturated heterocycles. The first-order valence-corrected chi connectivity index (χ1v) is 12.7. The number of hydrogen-bond donors (Lipinski definition) is 1. The number of hydrogen-bond acceptors (Lipinski definition) is 6. The average Bonchev–Trinajstić information content (AvgIpc) is 2.89. The minimum Gasteiger partial charge on any atom is -0.497 e. The summed E-state index contributed by atoms with van der Waals surface area (Å²) in [5.41, 5.74) is 3.15. The van der Waals surface area contributed by atoms with Gasteiger partial charge in [0.25, 0.3) is 0 Å². The Balaban J connectivity index is 1.26. The van der Waals surface area contributed by atoms with E-state index in [4.69, 9.17) is 16.3 Å². The lowest BCUT2D eigenvalue weighted by Crippen LogP contribution is -2.42. The second-order valence-electron chi connectivity index (χ2n) is 9.47. The Bertz CT molecular complexity index is 1060. The molecule has 6 nitrogen and oxygen atoms in total. The van der Waals surface area contributed by atoms with Crippen molar-refractivity contribution in [2.24, 2.45) is 5.41 Å². The summed E-state index contributed by atoms with van der Waals surface area (Å²) in [6.45, 7) is 3.48. The third-order valence-corrected chi connectivity index (χ3v) is 7.62. The minimum atomic E-state index is 0.0170. The number of aryl methyl sites for hydroxylation is 2. The molecule has 0 saturated carbocycles. The smallest absolute Gasteiger partial charge is 0.119 e. The third-order valence-electron chi connectivity index (χ3n) is 7.29. The van der Waals surface area contributed by atoms with Crippen LogP contribution in [0.2, 0.25) is 5.02 Å². The maximum Gasteiger partial charge on any atom is 0.119 e. The maximum atomic E-state index is 10.3. The molecule has 0 radical (unpaired) electrons. The Hall–Kier alpha value is -2.28. The second-order valence-corrected chi connectivity index (χ2v) is 9.88. The van der Waals surface area contributed by atoms with Crippen LogP contribution in [-0.4, -0.2) is 58.3 Å². The molecule has 0 atom stereocenters. The first-order chi connectivity index (χ1) is 16.6. The molecular formula is C27H35ClN4O2. The number of pyridine rings is 1. The van der Waals surface area contributed by atoms with E-state index < -0.39 is 0 Å². The summed E-state index contributed by atoms with van der Waals surface area (Å²) < 4.78 is 5.40. The number of nitrogens with zero attached hydrogens (tertiary/aromatic N) is 4. The van der Waals surface area contributed by atoms with Gasteiger partial charge in [0.2, 0.25) is 0 Å². The Labute approximate surface area is 207 Å². The number of aromatic nitrogens is 3. The highest BCUT2D eigenvalue weighted by molar-refractivity contribution is 6.32. The number of benzene rings is 1. The molecule has 34 heavy (non-hydrogen) atoms. The van der Waals surface area contributed by atoms with Crippen LogP contribution in [0.3, 0.4) is 0 Å². The van der Waals surface area contributed by atoms with Crippen LogP contribution < -0.4 is 4.74 Å². The Morgan fingerprint density at radius 2 is 1.91 bits per heavy atom. The Morgan fingerprint density at radius 1 is 1.06 bits per heavy atom. The molecule has 3 aromatic rings. The van der Waals surface area contributed by atoms with E-state index in [0.29, 0.717) is 5.02 Å². The maximum absolute atomic E-state index is 10.3. The monoisotopic (exact) mass is 482 g/mol. The minimum absolute atomic E-state index is 0.0170. The SMILES string of the molecule is COc1ccc2ncc(Cl)c(CCCC3(CO)CCN(CCCCc4cnccn4)CC3)c2c1. The van der Waals surface area contributed by atoms with Crippen LogP contribution in [0, 0.1) is 5.41 Å². The van der Waals surface area contributed by atoms with Gasteiger partial charge >= 0.3 is 0 Å². The van der Waals surface area contributed by atoms with Crippen molar-refractivity contribution in [3.05, 3.63) is 59.3 Å². The van der Waals surface area contributed by atoms with E-state index in [1.165, 1.54) is 6.42 Å². The topological polar surface area (TPSA) is 71.4 Å². The van der Waals surface area contributed by atoms with Gasteiger partial charge in [0, 0.05) is 36.8 Å². The second kappa shape index (κ2) is 11.9. The summed E-state index contributed by atoms with van der Waals surface area (Å²) >= 11 is 6.54. The van der Waals surface area contributed by atoms with E-state index in [9.17, 15) is 5.11 Å². The molecule has 0 amide bonds. The van der Waals surface area contributed by atoms with Crippen molar-refractivity contribution in [1.29, 1.82) is 0 Å². The Morgan fingerprint density at radius 3 is 2.65 bits per heavy atom. The molecule has 2 aromatic heterocycles. The zero-order chi connectivity index (χ0) is 23.8. The highest BCUT2D eigenvalue weighted by atomic mass is 35.5. The van der Waals surface area contributed by atoms with Crippen molar-refractivity contribution in [3.8, 4) is 5.75 Å². The van der Waals surface area contributed by atoms with Crippen molar-refractivity contribution in [1.82, 2.24) is 19.9 Å². The number of rotatable bonds is 11. The molecular weight excluding hydrogens is 448 g/mol. The van der Waals surface area contributed by atoms with Crippen LogP contribution in [0.25, 0.3) is 10.9 Å². The van der Waals surface area contributed by atoms with E-state index in [0.717, 1.165) is 92.5 Å². The number of unbranched alkanes of at least 4 members (excludes halogenated alkanes) is 1. The molecule has 0 aliphatic carbocycles. The van der Waals surface area contributed by atoms with Crippen LogP contribution in [-0.2, 0) is 12.8 Å². The van der Waals surface area contributed by atoms with Gasteiger partial charge in [-0.2, -0.15) is 0 Å². The summed E-state index contributed by atoms with van der Waals surface area (Å²) in [5, 5.41) is 12.0. The summed E-state index contributed by atoms with van der Waals surface area (Å²) in [4.78, 5) is 15.5. The predicted octanol–water partition coefficient (Wildman–Crippen LogP) is 5.11. The molecule has 1 aliphatic heterocycles. The summed E-state index contributed by atoms with van der Waals surface area (Å²) in [7, 11) is 1.67. The van der Waals surface area contributed by atoms with Gasteiger partial charge in [-0.1, -0.05) is 11.6 Å². The highest BCUT2D eigenvalue weighted by Crippen LogP contribution is 2.37. The van der Waals surface area contributed by atoms with Gasteiger partial charge in [-0.25, -0.2) is 0 Å². The summed E-state index contributed by atoms with van der Waals surface area (Å²) in [6, 6.07) is 5.93. The van der Waals surface area contributed by atoms with Crippen LogP contribution in [0.1, 0.15) is 49.8 Å². The number of halogens is 1. The van der Waals surface area contributed by atoms with E-state index >= 15 is 0 Å². The Kier molecular flexibility index (Phi) is 8.70.